The molecule has 0 aliphatic heterocycles. The van der Waals surface area contributed by atoms with E-state index in [1.807, 2.05) is 45.0 Å². The summed E-state index contributed by atoms with van der Waals surface area (Å²) in [7, 11) is 0. The Morgan fingerprint density at radius 1 is 1.08 bits per heavy atom. The molecule has 0 atom stereocenters. The van der Waals surface area contributed by atoms with E-state index in [0.29, 0.717) is 0 Å². The second-order valence-electron chi connectivity index (χ2n) is 3.74. The van der Waals surface area contributed by atoms with Crippen LogP contribution in [0.2, 0.25) is 0 Å². The van der Waals surface area contributed by atoms with E-state index >= 15 is 0 Å². The van der Waals surface area contributed by atoms with E-state index in [1.165, 1.54) is 0 Å². The van der Waals surface area contributed by atoms with Gasteiger partial charge >= 0.3 is 0 Å². The SMILES string of the molecule is CC(C)(C)Oc1ccc([SH2+])cc1. The summed E-state index contributed by atoms with van der Waals surface area (Å²) in [5, 5.41) is 0. The summed E-state index contributed by atoms with van der Waals surface area (Å²) in [6, 6.07) is 7.84. The van der Waals surface area contributed by atoms with Crippen molar-refractivity contribution in [1.29, 1.82) is 0 Å². The molecule has 0 aromatic heterocycles. The Kier molecular flexibility index (Phi) is 2.68. The third-order valence-electron chi connectivity index (χ3n) is 1.28. The zero-order chi connectivity index (χ0) is 9.19. The van der Waals surface area contributed by atoms with Gasteiger partial charge in [-0.15, -0.1) is 0 Å². The van der Waals surface area contributed by atoms with Gasteiger partial charge in [-0.25, -0.2) is 0 Å². The van der Waals surface area contributed by atoms with Gasteiger partial charge in [0.05, 0.1) is 0 Å². The van der Waals surface area contributed by atoms with Crippen LogP contribution in [0.3, 0.4) is 0 Å². The van der Waals surface area contributed by atoms with Crippen molar-refractivity contribution in [3.05, 3.63) is 24.3 Å². The van der Waals surface area contributed by atoms with Crippen LogP contribution in [0.15, 0.2) is 29.2 Å². The van der Waals surface area contributed by atoms with Crippen LogP contribution in [-0.2, 0) is 12.6 Å². The average molecular weight is 183 g/mol. The number of ether oxygens (including phenoxy) is 1. The summed E-state index contributed by atoms with van der Waals surface area (Å²) in [6.07, 6.45) is 0. The monoisotopic (exact) mass is 183 g/mol. The van der Waals surface area contributed by atoms with E-state index in [1.54, 1.807) is 0 Å². The summed E-state index contributed by atoms with van der Waals surface area (Å²) in [5.41, 5.74) is -0.118. The fourth-order valence-electron chi connectivity index (χ4n) is 0.877. The number of hydrogen-bond donors (Lipinski definition) is 0. The van der Waals surface area contributed by atoms with E-state index in [2.05, 4.69) is 12.6 Å². The molecule has 0 N–H and O–H groups in total. The molecule has 66 valence electrons. The lowest BCUT2D eigenvalue weighted by molar-refractivity contribution is 0.131. The second kappa shape index (κ2) is 3.40. The highest BCUT2D eigenvalue weighted by molar-refractivity contribution is 7.58. The maximum absolute atomic E-state index is 5.64. The van der Waals surface area contributed by atoms with Gasteiger partial charge in [-0.3, -0.25) is 0 Å². The van der Waals surface area contributed by atoms with Gasteiger partial charge in [-0.1, -0.05) is 0 Å². The third-order valence-corrected chi connectivity index (χ3v) is 1.61. The molecular weight excluding hydrogens is 168 g/mol. The largest absolute Gasteiger partial charge is 0.488 e. The summed E-state index contributed by atoms with van der Waals surface area (Å²) >= 11 is 3.42. The quantitative estimate of drug-likeness (QED) is 0.607. The minimum atomic E-state index is -0.118. The van der Waals surface area contributed by atoms with Crippen molar-refractivity contribution in [1.82, 2.24) is 0 Å². The Morgan fingerprint density at radius 2 is 1.58 bits per heavy atom. The van der Waals surface area contributed by atoms with Crippen LogP contribution in [0.25, 0.3) is 0 Å². The Morgan fingerprint density at radius 3 is 2.00 bits per heavy atom. The van der Waals surface area contributed by atoms with Crippen molar-refractivity contribution in [2.24, 2.45) is 0 Å². The molecule has 12 heavy (non-hydrogen) atoms. The standard InChI is InChI=1S/C10H14OS/c1-10(2,3)11-8-4-6-9(12)7-5-8/h4-7,12H,1-3H3/p+1. The van der Waals surface area contributed by atoms with Gasteiger partial charge in [0.1, 0.15) is 11.4 Å². The summed E-state index contributed by atoms with van der Waals surface area (Å²) < 4.78 is 5.64. The minimum Gasteiger partial charge on any atom is -0.488 e. The summed E-state index contributed by atoms with van der Waals surface area (Å²) in [5.74, 6) is 0.907. The van der Waals surface area contributed by atoms with Crippen molar-refractivity contribution in [2.45, 2.75) is 31.3 Å². The molecular formula is C10H15OS+. The number of hydrogen-bond acceptors (Lipinski definition) is 1. The van der Waals surface area contributed by atoms with Gasteiger partial charge in [0.25, 0.3) is 0 Å². The lowest BCUT2D eigenvalue weighted by Crippen LogP contribution is -2.22. The van der Waals surface area contributed by atoms with E-state index in [9.17, 15) is 0 Å². The first-order chi connectivity index (χ1) is 5.47. The first-order valence-corrected chi connectivity index (χ1v) is 4.48. The highest BCUT2D eigenvalue weighted by Gasteiger charge is 2.11. The molecule has 0 amide bonds. The molecule has 1 aromatic carbocycles. The van der Waals surface area contributed by atoms with Crippen LogP contribution in [0.4, 0.5) is 0 Å². The highest BCUT2D eigenvalue weighted by atomic mass is 32.1. The van der Waals surface area contributed by atoms with Crippen molar-refractivity contribution >= 4 is 12.6 Å². The maximum atomic E-state index is 5.64. The van der Waals surface area contributed by atoms with E-state index < -0.39 is 0 Å². The molecule has 1 rings (SSSR count). The van der Waals surface area contributed by atoms with Crippen LogP contribution in [0.1, 0.15) is 20.8 Å². The van der Waals surface area contributed by atoms with Crippen molar-refractivity contribution in [2.75, 3.05) is 0 Å². The molecule has 0 saturated heterocycles. The highest BCUT2D eigenvalue weighted by Crippen LogP contribution is 2.17. The first-order valence-electron chi connectivity index (χ1n) is 3.98. The molecule has 0 unspecified atom stereocenters. The van der Waals surface area contributed by atoms with Crippen LogP contribution < -0.4 is 4.74 Å². The smallest absolute Gasteiger partial charge is 0.150 e. The first kappa shape index (κ1) is 9.46. The Bertz CT molecular complexity index is 246. The van der Waals surface area contributed by atoms with Crippen molar-refractivity contribution in [3.63, 3.8) is 0 Å². The lowest BCUT2D eigenvalue weighted by atomic mass is 10.2. The number of benzene rings is 1. The molecule has 0 radical (unpaired) electrons. The zero-order valence-electron chi connectivity index (χ0n) is 7.72. The molecule has 0 heterocycles. The Hall–Kier alpha value is -0.630. The number of rotatable bonds is 1. The molecule has 0 bridgehead atoms. The van der Waals surface area contributed by atoms with E-state index in [4.69, 9.17) is 4.74 Å². The molecule has 1 nitrogen and oxygen atoms in total. The zero-order valence-corrected chi connectivity index (χ0v) is 8.72. The van der Waals surface area contributed by atoms with Gasteiger partial charge in [0, 0.05) is 0 Å². The second-order valence-corrected chi connectivity index (χ2v) is 4.32. The topological polar surface area (TPSA) is 9.23 Å². The lowest BCUT2D eigenvalue weighted by Gasteiger charge is -2.20. The minimum absolute atomic E-state index is 0.118. The predicted molar refractivity (Wildman–Crippen MR) is 55.2 cm³/mol. The van der Waals surface area contributed by atoms with Crippen molar-refractivity contribution in [3.8, 4) is 5.75 Å². The van der Waals surface area contributed by atoms with Gasteiger partial charge in [0.15, 0.2) is 4.90 Å². The molecule has 1 aromatic rings. The van der Waals surface area contributed by atoms with Gasteiger partial charge in [-0.05, 0) is 57.7 Å². The van der Waals surface area contributed by atoms with Gasteiger partial charge in [0.2, 0.25) is 0 Å². The molecule has 0 fully saturated rings. The van der Waals surface area contributed by atoms with E-state index in [-0.39, 0.29) is 5.60 Å². The molecule has 2 heteroatoms. The molecule has 0 spiro atoms. The van der Waals surface area contributed by atoms with Gasteiger partial charge < -0.3 is 4.74 Å². The fraction of sp³-hybridized carbons (Fsp3) is 0.400. The van der Waals surface area contributed by atoms with Crippen LogP contribution >= 0.6 is 0 Å². The third kappa shape index (κ3) is 3.18. The van der Waals surface area contributed by atoms with Gasteiger partial charge in [-0.2, -0.15) is 0 Å². The summed E-state index contributed by atoms with van der Waals surface area (Å²) in [6.45, 7) is 6.11. The van der Waals surface area contributed by atoms with Crippen LogP contribution in [0.5, 0.6) is 5.75 Å². The van der Waals surface area contributed by atoms with Crippen LogP contribution in [0, 0.1) is 0 Å². The predicted octanol–water partition coefficient (Wildman–Crippen LogP) is 2.23. The average Bonchev–Trinajstić information content (AvgIpc) is 1.91. The fourth-order valence-corrected chi connectivity index (χ4v) is 1.04. The molecule has 0 aliphatic carbocycles. The Labute approximate surface area is 79.2 Å². The molecule has 0 aliphatic rings. The normalized spacial score (nSPS) is 11.3. The Balaban J connectivity index is 2.71. The molecule has 0 saturated carbocycles. The van der Waals surface area contributed by atoms with E-state index in [0.717, 1.165) is 10.6 Å². The van der Waals surface area contributed by atoms with Crippen molar-refractivity contribution < 1.29 is 4.74 Å². The van der Waals surface area contributed by atoms with Crippen LogP contribution in [-0.4, -0.2) is 5.60 Å². The maximum Gasteiger partial charge on any atom is 0.150 e. The summed E-state index contributed by atoms with van der Waals surface area (Å²) in [4.78, 5) is 1.07.